The minimum atomic E-state index is -0.329. The van der Waals surface area contributed by atoms with Crippen LogP contribution in [0.3, 0.4) is 0 Å². The Kier molecular flexibility index (Phi) is 7.18. The maximum absolute atomic E-state index is 11.2. The van der Waals surface area contributed by atoms with E-state index in [4.69, 9.17) is 0 Å². The third kappa shape index (κ3) is 5.61. The zero-order valence-electron chi connectivity index (χ0n) is 12.9. The van der Waals surface area contributed by atoms with Crippen molar-refractivity contribution in [1.29, 1.82) is 0 Å². The molecule has 2 rings (SSSR count). The average Bonchev–Trinajstić information content (AvgIpc) is 3.02. The summed E-state index contributed by atoms with van der Waals surface area (Å²) in [7, 11) is 0. The Morgan fingerprint density at radius 3 is 1.77 bits per heavy atom. The van der Waals surface area contributed by atoms with Crippen molar-refractivity contribution in [2.75, 3.05) is 26.2 Å². The van der Waals surface area contributed by atoms with Crippen LogP contribution >= 0.6 is 0 Å². The number of nitrogens with zero attached hydrogens (tertiary/aromatic N) is 2. The van der Waals surface area contributed by atoms with Gasteiger partial charge in [-0.3, -0.25) is 29.4 Å². The predicted octanol–water partition coefficient (Wildman–Crippen LogP) is -0.158. The highest BCUT2D eigenvalue weighted by Crippen LogP contribution is 2.04. The van der Waals surface area contributed by atoms with Crippen molar-refractivity contribution >= 4 is 23.6 Å². The molecule has 22 heavy (non-hydrogen) atoms. The Bertz CT molecular complexity index is 473. The van der Waals surface area contributed by atoms with E-state index in [2.05, 4.69) is 18.7 Å². The predicted molar refractivity (Wildman–Crippen MR) is 80.6 cm³/mol. The van der Waals surface area contributed by atoms with E-state index in [1.165, 1.54) is 29.2 Å². The molecule has 0 saturated carbocycles. The van der Waals surface area contributed by atoms with Crippen molar-refractivity contribution in [3.8, 4) is 0 Å². The fraction of sp³-hybridized carbons (Fsp3) is 0.467. The Balaban J connectivity index is 0.000000287. The molecule has 0 atom stereocenters. The number of hydrogen-bond donors (Lipinski definition) is 1. The van der Waals surface area contributed by atoms with Crippen LogP contribution in [0.25, 0.3) is 0 Å². The van der Waals surface area contributed by atoms with Crippen LogP contribution in [-0.2, 0) is 19.2 Å². The number of amides is 4. The lowest BCUT2D eigenvalue weighted by Crippen LogP contribution is -2.33. The van der Waals surface area contributed by atoms with E-state index >= 15 is 0 Å². The topological polar surface area (TPSA) is 86.8 Å². The molecular weight excluding hydrogens is 286 g/mol. The van der Waals surface area contributed by atoms with Crippen molar-refractivity contribution in [1.82, 2.24) is 15.1 Å². The van der Waals surface area contributed by atoms with Crippen LogP contribution in [0.4, 0.5) is 0 Å². The van der Waals surface area contributed by atoms with E-state index in [0.29, 0.717) is 6.54 Å². The lowest BCUT2D eigenvalue weighted by atomic mass is 10.3. The number of hydrogen-bond acceptors (Lipinski definition) is 5. The molecule has 0 aromatic heterocycles. The van der Waals surface area contributed by atoms with Gasteiger partial charge in [-0.2, -0.15) is 0 Å². The third-order valence-corrected chi connectivity index (χ3v) is 3.28. The summed E-state index contributed by atoms with van der Waals surface area (Å²) in [6.07, 6.45) is 5.91. The van der Waals surface area contributed by atoms with Crippen molar-refractivity contribution in [3.05, 3.63) is 24.3 Å². The molecule has 120 valence electrons. The SMILES string of the molecule is CCN(CC)CCCN1C(=O)C=CC1=O.O=C1C=CC(=O)N1. The van der Waals surface area contributed by atoms with Gasteiger partial charge in [0.1, 0.15) is 0 Å². The highest BCUT2D eigenvalue weighted by Gasteiger charge is 2.22. The minimum absolute atomic E-state index is 0.181. The van der Waals surface area contributed by atoms with E-state index in [-0.39, 0.29) is 23.6 Å². The Morgan fingerprint density at radius 1 is 0.909 bits per heavy atom. The van der Waals surface area contributed by atoms with Gasteiger partial charge in [0.05, 0.1) is 0 Å². The molecule has 0 bridgehead atoms. The fourth-order valence-corrected chi connectivity index (χ4v) is 2.00. The number of nitrogens with one attached hydrogen (secondary N) is 1. The first-order valence-corrected chi connectivity index (χ1v) is 7.26. The summed E-state index contributed by atoms with van der Waals surface area (Å²) >= 11 is 0. The van der Waals surface area contributed by atoms with Gasteiger partial charge in [0.15, 0.2) is 0 Å². The molecule has 0 fully saturated rings. The van der Waals surface area contributed by atoms with Crippen molar-refractivity contribution < 1.29 is 19.2 Å². The first-order chi connectivity index (χ1) is 10.5. The summed E-state index contributed by atoms with van der Waals surface area (Å²) in [6.45, 7) is 7.70. The molecule has 0 spiro atoms. The molecule has 7 nitrogen and oxygen atoms in total. The van der Waals surface area contributed by atoms with Crippen LogP contribution in [0.15, 0.2) is 24.3 Å². The number of carbonyl (C=O) groups excluding carboxylic acids is 4. The summed E-state index contributed by atoms with van der Waals surface area (Å²) in [5.74, 6) is -1.02. The van der Waals surface area contributed by atoms with E-state index in [0.717, 1.165) is 26.1 Å². The summed E-state index contributed by atoms with van der Waals surface area (Å²) in [5, 5.41) is 2.03. The monoisotopic (exact) mass is 307 g/mol. The van der Waals surface area contributed by atoms with Gasteiger partial charge in [0, 0.05) is 30.8 Å². The molecule has 1 N–H and O–H groups in total. The van der Waals surface area contributed by atoms with Gasteiger partial charge in [-0.25, -0.2) is 0 Å². The summed E-state index contributed by atoms with van der Waals surface area (Å²) in [5.41, 5.74) is 0. The van der Waals surface area contributed by atoms with E-state index in [1.807, 2.05) is 5.32 Å². The molecule has 0 unspecified atom stereocenters. The Morgan fingerprint density at radius 2 is 1.41 bits per heavy atom. The zero-order chi connectivity index (χ0) is 16.5. The lowest BCUT2D eigenvalue weighted by Gasteiger charge is -2.19. The van der Waals surface area contributed by atoms with Crippen molar-refractivity contribution in [2.24, 2.45) is 0 Å². The van der Waals surface area contributed by atoms with Gasteiger partial charge in [-0.1, -0.05) is 13.8 Å². The molecule has 0 aromatic rings. The third-order valence-electron chi connectivity index (χ3n) is 3.28. The van der Waals surface area contributed by atoms with Gasteiger partial charge in [0.25, 0.3) is 23.6 Å². The summed E-state index contributed by atoms with van der Waals surface area (Å²) in [6, 6.07) is 0. The Hall–Kier alpha value is -2.28. The molecule has 2 heterocycles. The van der Waals surface area contributed by atoms with Crippen LogP contribution in [-0.4, -0.2) is 59.6 Å². The van der Waals surface area contributed by atoms with Crippen LogP contribution in [0.2, 0.25) is 0 Å². The standard InChI is InChI=1S/C11H18N2O2.C4H3NO2/c1-3-12(4-2)8-5-9-13-10(14)6-7-11(13)15;6-3-1-2-4(7)5-3/h6-7H,3-5,8-9H2,1-2H3;1-2H,(H,5,6,7). The minimum Gasteiger partial charge on any atom is -0.304 e. The Labute approximate surface area is 129 Å². The van der Waals surface area contributed by atoms with Gasteiger partial charge in [-0.15, -0.1) is 0 Å². The van der Waals surface area contributed by atoms with Crippen molar-refractivity contribution in [2.45, 2.75) is 20.3 Å². The second-order valence-corrected chi connectivity index (χ2v) is 4.73. The van der Waals surface area contributed by atoms with Crippen LogP contribution in [0.5, 0.6) is 0 Å². The smallest absolute Gasteiger partial charge is 0.253 e. The average molecular weight is 307 g/mol. The molecule has 2 aliphatic heterocycles. The van der Waals surface area contributed by atoms with Crippen molar-refractivity contribution in [3.63, 3.8) is 0 Å². The molecule has 0 saturated heterocycles. The largest absolute Gasteiger partial charge is 0.304 e. The van der Waals surface area contributed by atoms with Crippen LogP contribution in [0.1, 0.15) is 20.3 Å². The van der Waals surface area contributed by atoms with E-state index < -0.39 is 0 Å². The maximum Gasteiger partial charge on any atom is 0.253 e. The molecule has 2 aliphatic rings. The highest BCUT2D eigenvalue weighted by molar-refractivity contribution is 6.13. The van der Waals surface area contributed by atoms with Crippen LogP contribution < -0.4 is 5.32 Å². The first-order valence-electron chi connectivity index (χ1n) is 7.26. The van der Waals surface area contributed by atoms with Gasteiger partial charge in [-0.05, 0) is 26.1 Å². The van der Waals surface area contributed by atoms with Gasteiger partial charge >= 0.3 is 0 Å². The normalized spacial score (nSPS) is 16.4. The maximum atomic E-state index is 11.2. The van der Waals surface area contributed by atoms with E-state index in [9.17, 15) is 19.2 Å². The summed E-state index contributed by atoms with van der Waals surface area (Å²) < 4.78 is 0. The van der Waals surface area contributed by atoms with Gasteiger partial charge < -0.3 is 4.90 Å². The first kappa shape index (κ1) is 17.8. The van der Waals surface area contributed by atoms with Crippen LogP contribution in [0, 0.1) is 0 Å². The second-order valence-electron chi connectivity index (χ2n) is 4.73. The highest BCUT2D eigenvalue weighted by atomic mass is 16.2. The van der Waals surface area contributed by atoms with E-state index in [1.54, 1.807) is 0 Å². The molecule has 4 amide bonds. The lowest BCUT2D eigenvalue weighted by molar-refractivity contribution is -0.137. The van der Waals surface area contributed by atoms with Gasteiger partial charge in [0.2, 0.25) is 0 Å². The number of rotatable bonds is 6. The quantitative estimate of drug-likeness (QED) is 0.689. The zero-order valence-corrected chi connectivity index (χ0v) is 12.9. The number of carbonyl (C=O) groups is 4. The number of imide groups is 2. The second kappa shape index (κ2) is 8.89. The summed E-state index contributed by atoms with van der Waals surface area (Å²) in [4.78, 5) is 46.0. The molecular formula is C15H21N3O4. The molecule has 0 aliphatic carbocycles. The fourth-order valence-electron chi connectivity index (χ4n) is 2.00. The molecule has 7 heteroatoms. The molecule has 0 radical (unpaired) electrons. The molecule has 0 aromatic carbocycles.